The molecule has 1 rings (SSSR count). The van der Waals surface area contributed by atoms with E-state index in [4.69, 9.17) is 9.84 Å². The van der Waals surface area contributed by atoms with Crippen LogP contribution < -0.4 is 10.1 Å². The zero-order chi connectivity index (χ0) is 13.7. The monoisotopic (exact) mass is 251 g/mol. The van der Waals surface area contributed by atoms with Gasteiger partial charge in [-0.2, -0.15) is 0 Å². The molecule has 0 saturated carbocycles. The Balaban J connectivity index is 2.72. The van der Waals surface area contributed by atoms with Gasteiger partial charge in [0.05, 0.1) is 6.61 Å². The number of ether oxygens (including phenoxy) is 1. The summed E-state index contributed by atoms with van der Waals surface area (Å²) in [6.07, 6.45) is 0.776. The number of hydrogen-bond donors (Lipinski definition) is 2. The Morgan fingerprint density at radius 2 is 1.94 bits per heavy atom. The smallest absolute Gasteiger partial charge is 0.147 e. The van der Waals surface area contributed by atoms with Gasteiger partial charge in [-0.15, -0.1) is 0 Å². The van der Waals surface area contributed by atoms with E-state index in [1.165, 1.54) is 16.7 Å². The lowest BCUT2D eigenvalue weighted by molar-refractivity contribution is 0.136. The highest BCUT2D eigenvalue weighted by atomic mass is 16.5. The van der Waals surface area contributed by atoms with E-state index in [9.17, 15) is 0 Å². The predicted molar refractivity (Wildman–Crippen MR) is 75.0 cm³/mol. The molecule has 0 aliphatic heterocycles. The minimum Gasteiger partial charge on any atom is -0.475 e. The average molecular weight is 251 g/mol. The van der Waals surface area contributed by atoms with Crippen molar-refractivity contribution in [3.63, 3.8) is 0 Å². The van der Waals surface area contributed by atoms with Crippen molar-refractivity contribution >= 4 is 0 Å². The van der Waals surface area contributed by atoms with E-state index in [-0.39, 0.29) is 18.9 Å². The molecule has 102 valence electrons. The highest BCUT2D eigenvalue weighted by molar-refractivity contribution is 5.42. The van der Waals surface area contributed by atoms with Crippen LogP contribution >= 0.6 is 0 Å². The van der Waals surface area contributed by atoms with Crippen LogP contribution in [0, 0.1) is 20.8 Å². The third kappa shape index (κ3) is 4.00. The molecule has 0 bridgehead atoms. The van der Waals surface area contributed by atoms with Crippen LogP contribution in [-0.4, -0.2) is 24.0 Å². The first kappa shape index (κ1) is 15.0. The maximum atomic E-state index is 9.17. The molecule has 2 atom stereocenters. The second-order valence-corrected chi connectivity index (χ2v) is 4.92. The first-order valence-electron chi connectivity index (χ1n) is 6.59. The number of benzene rings is 1. The maximum absolute atomic E-state index is 9.17. The summed E-state index contributed by atoms with van der Waals surface area (Å²) in [6.45, 7) is 10.4. The van der Waals surface area contributed by atoms with Gasteiger partial charge in [-0.05, 0) is 56.9 Å². The summed E-state index contributed by atoms with van der Waals surface area (Å²) in [4.78, 5) is 0. The number of aliphatic hydroxyl groups excluding tert-OH is 1. The molecule has 0 spiro atoms. The fraction of sp³-hybridized carbons (Fsp3) is 0.600. The van der Waals surface area contributed by atoms with Crippen LogP contribution in [0.1, 0.15) is 37.0 Å². The molecule has 3 nitrogen and oxygen atoms in total. The molecular formula is C15H25NO2. The van der Waals surface area contributed by atoms with E-state index in [1.807, 2.05) is 13.8 Å². The third-order valence-electron chi connectivity index (χ3n) is 3.25. The Labute approximate surface area is 110 Å². The van der Waals surface area contributed by atoms with Crippen molar-refractivity contribution in [3.8, 4) is 5.75 Å². The Kier molecular flexibility index (Phi) is 5.63. The topological polar surface area (TPSA) is 41.5 Å². The molecular weight excluding hydrogens is 226 g/mol. The van der Waals surface area contributed by atoms with Gasteiger partial charge in [0, 0.05) is 6.04 Å². The van der Waals surface area contributed by atoms with Crippen molar-refractivity contribution in [2.75, 3.05) is 6.61 Å². The summed E-state index contributed by atoms with van der Waals surface area (Å²) >= 11 is 0. The molecule has 2 unspecified atom stereocenters. The Morgan fingerprint density at radius 1 is 1.28 bits per heavy atom. The van der Waals surface area contributed by atoms with Gasteiger partial charge in [0.1, 0.15) is 12.0 Å². The summed E-state index contributed by atoms with van der Waals surface area (Å²) in [5, 5.41) is 12.4. The van der Waals surface area contributed by atoms with E-state index >= 15 is 0 Å². The molecule has 2 N–H and O–H groups in total. The first-order valence-corrected chi connectivity index (χ1v) is 6.59. The molecule has 0 heterocycles. The molecule has 0 aliphatic rings. The van der Waals surface area contributed by atoms with Crippen LogP contribution in [0.2, 0.25) is 0 Å². The molecule has 3 heteroatoms. The van der Waals surface area contributed by atoms with Crippen molar-refractivity contribution in [1.82, 2.24) is 5.32 Å². The van der Waals surface area contributed by atoms with E-state index in [1.54, 1.807) is 0 Å². The van der Waals surface area contributed by atoms with Gasteiger partial charge in [0.25, 0.3) is 0 Å². The number of hydrogen-bond acceptors (Lipinski definition) is 3. The van der Waals surface area contributed by atoms with Crippen molar-refractivity contribution < 1.29 is 9.84 Å². The predicted octanol–water partition coefficient (Wildman–Crippen LogP) is 2.70. The quantitative estimate of drug-likeness (QED) is 0.764. The van der Waals surface area contributed by atoms with E-state index in [0.29, 0.717) is 0 Å². The van der Waals surface area contributed by atoms with Gasteiger partial charge < -0.3 is 9.84 Å². The van der Waals surface area contributed by atoms with Gasteiger partial charge in [-0.3, -0.25) is 5.32 Å². The molecule has 18 heavy (non-hydrogen) atoms. The number of rotatable bonds is 6. The lowest BCUT2D eigenvalue weighted by Crippen LogP contribution is -2.41. The maximum Gasteiger partial charge on any atom is 0.147 e. The fourth-order valence-corrected chi connectivity index (χ4v) is 1.98. The van der Waals surface area contributed by atoms with Crippen LogP contribution in [0.25, 0.3) is 0 Å². The Hall–Kier alpha value is -1.06. The Morgan fingerprint density at radius 3 is 2.50 bits per heavy atom. The normalized spacial score (nSPS) is 14.3. The van der Waals surface area contributed by atoms with Crippen LogP contribution in [-0.2, 0) is 0 Å². The summed E-state index contributed by atoms with van der Waals surface area (Å²) in [6, 6.07) is 4.30. The minimum atomic E-state index is -0.109. The van der Waals surface area contributed by atoms with Gasteiger partial charge in [0.2, 0.25) is 0 Å². The number of aliphatic hydroxyl groups is 1. The second-order valence-electron chi connectivity index (χ2n) is 4.92. The van der Waals surface area contributed by atoms with Gasteiger partial charge >= 0.3 is 0 Å². The molecule has 1 aromatic carbocycles. The van der Waals surface area contributed by atoms with Crippen molar-refractivity contribution in [1.29, 1.82) is 0 Å². The molecule has 0 fully saturated rings. The van der Waals surface area contributed by atoms with Crippen LogP contribution in [0.4, 0.5) is 0 Å². The van der Waals surface area contributed by atoms with Gasteiger partial charge in [0.15, 0.2) is 0 Å². The lowest BCUT2D eigenvalue weighted by Gasteiger charge is -2.23. The standard InChI is InChI=1S/C15H25NO2/c1-6-14(9-17)16-13(5)18-15-8-10(2)7-11(3)12(15)4/h7-8,13-14,16-17H,6,9H2,1-5H3. The van der Waals surface area contributed by atoms with Crippen LogP contribution in [0.15, 0.2) is 12.1 Å². The van der Waals surface area contributed by atoms with E-state index in [2.05, 4.69) is 38.2 Å². The summed E-state index contributed by atoms with van der Waals surface area (Å²) in [5.74, 6) is 0.917. The van der Waals surface area contributed by atoms with Crippen LogP contribution in [0.5, 0.6) is 5.75 Å². The van der Waals surface area contributed by atoms with E-state index in [0.717, 1.165) is 12.2 Å². The molecule has 1 aromatic rings. The zero-order valence-corrected chi connectivity index (χ0v) is 12.1. The highest BCUT2D eigenvalue weighted by Crippen LogP contribution is 2.24. The Bertz CT molecular complexity index is 386. The molecule has 0 radical (unpaired) electrons. The average Bonchev–Trinajstić information content (AvgIpc) is 2.32. The number of aryl methyl sites for hydroxylation is 2. The highest BCUT2D eigenvalue weighted by Gasteiger charge is 2.12. The van der Waals surface area contributed by atoms with Gasteiger partial charge in [-0.25, -0.2) is 0 Å². The largest absolute Gasteiger partial charge is 0.475 e. The zero-order valence-electron chi connectivity index (χ0n) is 12.1. The van der Waals surface area contributed by atoms with Crippen molar-refractivity contribution in [3.05, 3.63) is 28.8 Å². The molecule has 0 aliphatic carbocycles. The SMILES string of the molecule is CCC(CO)NC(C)Oc1cc(C)cc(C)c1C. The summed E-state index contributed by atoms with van der Waals surface area (Å²) in [5.41, 5.74) is 3.62. The lowest BCUT2D eigenvalue weighted by atomic mass is 10.1. The van der Waals surface area contributed by atoms with Gasteiger partial charge in [-0.1, -0.05) is 13.0 Å². The molecule has 0 saturated heterocycles. The molecule has 0 aromatic heterocycles. The number of nitrogens with one attached hydrogen (secondary N) is 1. The van der Waals surface area contributed by atoms with Crippen molar-refractivity contribution in [2.45, 2.75) is 53.3 Å². The van der Waals surface area contributed by atoms with Crippen molar-refractivity contribution in [2.24, 2.45) is 0 Å². The first-order chi connectivity index (χ1) is 8.47. The fourth-order valence-electron chi connectivity index (χ4n) is 1.98. The minimum absolute atomic E-state index is 0.0891. The van der Waals surface area contributed by atoms with Crippen LogP contribution in [0.3, 0.4) is 0 Å². The van der Waals surface area contributed by atoms with E-state index < -0.39 is 0 Å². The summed E-state index contributed by atoms with van der Waals surface area (Å²) < 4.78 is 5.92. The summed E-state index contributed by atoms with van der Waals surface area (Å²) in [7, 11) is 0. The molecule has 0 amide bonds. The third-order valence-corrected chi connectivity index (χ3v) is 3.25. The second kappa shape index (κ2) is 6.76.